The van der Waals surface area contributed by atoms with Crippen LogP contribution in [0.4, 0.5) is 16.3 Å². The molecule has 0 radical (unpaired) electrons. The van der Waals surface area contributed by atoms with Crippen LogP contribution in [0.15, 0.2) is 73.4 Å². The first-order valence-corrected chi connectivity index (χ1v) is 13.7. The molecule has 1 aliphatic rings. The molecule has 1 aliphatic heterocycles. The fourth-order valence-electron chi connectivity index (χ4n) is 4.91. The van der Waals surface area contributed by atoms with Gasteiger partial charge in [-0.25, -0.2) is 14.8 Å². The van der Waals surface area contributed by atoms with Crippen LogP contribution in [0.5, 0.6) is 17.2 Å². The second-order valence-electron chi connectivity index (χ2n) is 9.84. The van der Waals surface area contributed by atoms with E-state index in [9.17, 15) is 9.59 Å². The van der Waals surface area contributed by atoms with Gasteiger partial charge in [0.2, 0.25) is 11.9 Å². The normalized spacial score (nSPS) is 15.4. The molecule has 43 heavy (non-hydrogen) atoms. The van der Waals surface area contributed by atoms with E-state index < -0.39 is 12.1 Å². The number of benzene rings is 2. The zero-order chi connectivity index (χ0) is 30.3. The minimum Gasteiger partial charge on any atom is -0.497 e. The predicted molar refractivity (Wildman–Crippen MR) is 160 cm³/mol. The first-order chi connectivity index (χ1) is 20.9. The van der Waals surface area contributed by atoms with Gasteiger partial charge in [0.1, 0.15) is 35.4 Å². The molecule has 1 fully saturated rings. The van der Waals surface area contributed by atoms with E-state index >= 15 is 0 Å². The maximum atomic E-state index is 14.0. The molecular weight excluding hydrogens is 552 g/mol. The summed E-state index contributed by atoms with van der Waals surface area (Å²) in [6.45, 7) is 2.74. The predicted octanol–water partition coefficient (Wildman–Crippen LogP) is 3.29. The lowest BCUT2D eigenvalue weighted by Gasteiger charge is -2.41. The Balaban J connectivity index is 1.40. The van der Waals surface area contributed by atoms with Crippen LogP contribution in [0.2, 0.25) is 0 Å². The minimum absolute atomic E-state index is 0.125. The molecule has 4 aromatic rings. The Morgan fingerprint density at radius 2 is 1.72 bits per heavy atom. The van der Waals surface area contributed by atoms with Gasteiger partial charge in [-0.2, -0.15) is 4.98 Å². The van der Waals surface area contributed by atoms with Gasteiger partial charge in [0.15, 0.2) is 0 Å². The molecule has 0 saturated carbocycles. The third-order valence-electron chi connectivity index (χ3n) is 7.23. The summed E-state index contributed by atoms with van der Waals surface area (Å²) in [4.78, 5) is 43.9. The number of nitrogens with zero attached hydrogens (tertiary/aromatic N) is 6. The molecule has 3 amide bonds. The number of hydrogen-bond donors (Lipinski definition) is 2. The number of aromatic nitrogens is 4. The summed E-state index contributed by atoms with van der Waals surface area (Å²) in [6.07, 6.45) is 6.63. The van der Waals surface area contributed by atoms with E-state index in [4.69, 9.17) is 19.2 Å². The van der Waals surface area contributed by atoms with Crippen molar-refractivity contribution in [1.82, 2.24) is 29.7 Å². The molecule has 2 atom stereocenters. The summed E-state index contributed by atoms with van der Waals surface area (Å²) < 4.78 is 17.8. The van der Waals surface area contributed by atoms with Crippen LogP contribution in [-0.4, -0.2) is 83.4 Å². The first kappa shape index (κ1) is 29.2. The monoisotopic (exact) mass is 586 g/mol. The van der Waals surface area contributed by atoms with Crippen LogP contribution in [0, 0.1) is 0 Å². The number of rotatable bonds is 9. The lowest BCUT2D eigenvalue weighted by Crippen LogP contribution is -2.61. The summed E-state index contributed by atoms with van der Waals surface area (Å²) in [5.41, 5.74) is 1.38. The Kier molecular flexibility index (Phi) is 8.89. The number of piperazine rings is 1. The molecule has 0 bridgehead atoms. The lowest BCUT2D eigenvalue weighted by atomic mass is 10.0. The molecule has 5 rings (SSSR count). The van der Waals surface area contributed by atoms with Gasteiger partial charge in [0.25, 0.3) is 0 Å². The SMILES string of the molecule is COc1ccc(NC(=O)N2CCN(c3ccnc(-n4ccnc4)n3)C(C(=O)NC(C)c3cc(OC)ccc3OC)C2)cc1. The largest absolute Gasteiger partial charge is 0.497 e. The van der Waals surface area contributed by atoms with E-state index in [1.165, 1.54) is 0 Å². The van der Waals surface area contributed by atoms with Gasteiger partial charge < -0.3 is 34.6 Å². The number of urea groups is 1. The quantitative estimate of drug-likeness (QED) is 0.303. The maximum Gasteiger partial charge on any atom is 0.321 e. The summed E-state index contributed by atoms with van der Waals surface area (Å²) in [7, 11) is 4.74. The number of carbonyl (C=O) groups is 2. The zero-order valence-corrected chi connectivity index (χ0v) is 24.4. The van der Waals surface area contributed by atoms with E-state index in [0.717, 1.165) is 5.56 Å². The van der Waals surface area contributed by atoms with Crippen molar-refractivity contribution in [3.05, 3.63) is 79.0 Å². The molecule has 2 aromatic heterocycles. The highest BCUT2D eigenvalue weighted by atomic mass is 16.5. The standard InChI is InChI=1S/C30H34N8O5/c1-20(24-17-23(42-3)9-10-26(24)43-4)33-28(39)25-18-36(30(40)34-21-5-7-22(41-2)8-6-21)15-16-38(25)27-11-12-32-29(35-27)37-14-13-31-19-37/h5-14,17,19-20,25H,15-16,18H2,1-4H3,(H,33,39)(H,34,40). The van der Waals surface area contributed by atoms with Gasteiger partial charge in [-0.05, 0) is 55.5 Å². The van der Waals surface area contributed by atoms with Gasteiger partial charge in [-0.1, -0.05) is 0 Å². The van der Waals surface area contributed by atoms with Crippen molar-refractivity contribution in [3.8, 4) is 23.2 Å². The summed E-state index contributed by atoms with van der Waals surface area (Å²) in [6, 6.07) is 12.8. The molecule has 13 heteroatoms. The van der Waals surface area contributed by atoms with Crippen molar-refractivity contribution < 1.29 is 23.8 Å². The van der Waals surface area contributed by atoms with E-state index in [1.807, 2.05) is 17.9 Å². The van der Waals surface area contributed by atoms with Crippen molar-refractivity contribution in [2.24, 2.45) is 0 Å². The number of ether oxygens (including phenoxy) is 3. The number of amides is 3. The number of carbonyl (C=O) groups excluding carboxylic acids is 2. The third kappa shape index (κ3) is 6.61. The summed E-state index contributed by atoms with van der Waals surface area (Å²) >= 11 is 0. The van der Waals surface area contributed by atoms with Crippen LogP contribution in [0.1, 0.15) is 18.5 Å². The number of nitrogens with one attached hydrogen (secondary N) is 2. The number of anilines is 2. The highest BCUT2D eigenvalue weighted by Crippen LogP contribution is 2.30. The Labute approximate surface area is 249 Å². The average molecular weight is 587 g/mol. The summed E-state index contributed by atoms with van der Waals surface area (Å²) in [5.74, 6) is 2.65. The second-order valence-corrected chi connectivity index (χ2v) is 9.84. The van der Waals surface area contributed by atoms with Crippen LogP contribution in [0.25, 0.3) is 5.95 Å². The lowest BCUT2D eigenvalue weighted by molar-refractivity contribution is -0.123. The van der Waals surface area contributed by atoms with Crippen molar-refractivity contribution in [2.75, 3.05) is 51.2 Å². The van der Waals surface area contributed by atoms with Gasteiger partial charge >= 0.3 is 6.03 Å². The highest BCUT2D eigenvalue weighted by Gasteiger charge is 2.36. The van der Waals surface area contributed by atoms with Crippen molar-refractivity contribution in [3.63, 3.8) is 0 Å². The van der Waals surface area contributed by atoms with E-state index in [-0.39, 0.29) is 18.5 Å². The molecule has 1 saturated heterocycles. The molecule has 2 unspecified atom stereocenters. The topological polar surface area (TPSA) is 136 Å². The van der Waals surface area contributed by atoms with Gasteiger partial charge in [-0.3, -0.25) is 9.36 Å². The first-order valence-electron chi connectivity index (χ1n) is 13.7. The highest BCUT2D eigenvalue weighted by molar-refractivity contribution is 5.91. The molecular formula is C30H34N8O5. The number of methoxy groups -OCH3 is 3. The molecule has 0 aliphatic carbocycles. The zero-order valence-electron chi connectivity index (χ0n) is 24.4. The van der Waals surface area contributed by atoms with E-state index in [0.29, 0.717) is 47.8 Å². The Hall–Kier alpha value is -5.33. The van der Waals surface area contributed by atoms with Crippen LogP contribution in [-0.2, 0) is 4.79 Å². The second kappa shape index (κ2) is 13.1. The van der Waals surface area contributed by atoms with E-state index in [1.54, 1.807) is 98.2 Å². The Morgan fingerprint density at radius 3 is 2.42 bits per heavy atom. The molecule has 2 aromatic carbocycles. The fraction of sp³-hybridized carbons (Fsp3) is 0.300. The van der Waals surface area contributed by atoms with Gasteiger partial charge in [-0.15, -0.1) is 0 Å². The smallest absolute Gasteiger partial charge is 0.321 e. The van der Waals surface area contributed by atoms with Crippen LogP contribution >= 0.6 is 0 Å². The number of hydrogen-bond acceptors (Lipinski definition) is 9. The number of imidazole rings is 1. The molecule has 3 heterocycles. The molecule has 2 N–H and O–H groups in total. The van der Waals surface area contributed by atoms with Crippen LogP contribution in [0.3, 0.4) is 0 Å². The van der Waals surface area contributed by atoms with Gasteiger partial charge in [0.05, 0.1) is 33.9 Å². The fourth-order valence-corrected chi connectivity index (χ4v) is 4.91. The average Bonchev–Trinajstić information content (AvgIpc) is 3.60. The summed E-state index contributed by atoms with van der Waals surface area (Å²) in [5, 5.41) is 6.02. The Morgan fingerprint density at radius 1 is 0.953 bits per heavy atom. The maximum absolute atomic E-state index is 14.0. The van der Waals surface area contributed by atoms with Gasteiger partial charge in [0, 0.05) is 42.9 Å². The van der Waals surface area contributed by atoms with Crippen molar-refractivity contribution in [1.29, 1.82) is 0 Å². The molecule has 0 spiro atoms. The van der Waals surface area contributed by atoms with Crippen molar-refractivity contribution >= 4 is 23.4 Å². The molecule has 13 nitrogen and oxygen atoms in total. The van der Waals surface area contributed by atoms with E-state index in [2.05, 4.69) is 20.6 Å². The minimum atomic E-state index is -0.750. The Bertz CT molecular complexity index is 1550. The third-order valence-corrected chi connectivity index (χ3v) is 7.23. The van der Waals surface area contributed by atoms with Crippen molar-refractivity contribution in [2.45, 2.75) is 19.0 Å². The van der Waals surface area contributed by atoms with Crippen LogP contribution < -0.4 is 29.7 Å². The molecule has 224 valence electrons.